The Morgan fingerprint density at radius 2 is 1.46 bits per heavy atom. The predicted molar refractivity (Wildman–Crippen MR) is 132 cm³/mol. The number of hydrogen-bond donors (Lipinski definition) is 1. The zero-order valence-electron chi connectivity index (χ0n) is 19.9. The maximum absolute atomic E-state index is 13.2. The largest absolute Gasteiger partial charge is 0.507 e. The van der Waals surface area contributed by atoms with E-state index in [4.69, 9.17) is 14.2 Å². The second-order valence-corrected chi connectivity index (χ2v) is 8.10. The normalized spacial score (nSPS) is 16.9. The molecule has 1 aliphatic rings. The average molecular weight is 474 g/mol. The van der Waals surface area contributed by atoms with Gasteiger partial charge < -0.3 is 24.2 Å². The Hall–Kier alpha value is -4.26. The van der Waals surface area contributed by atoms with Gasteiger partial charge in [0, 0.05) is 12.1 Å². The Kier molecular flexibility index (Phi) is 7.06. The molecule has 1 N–H and O–H groups in total. The van der Waals surface area contributed by atoms with Crippen LogP contribution in [0.2, 0.25) is 0 Å². The molecule has 0 aliphatic carbocycles. The van der Waals surface area contributed by atoms with Gasteiger partial charge in [-0.05, 0) is 53.9 Å². The van der Waals surface area contributed by atoms with Crippen molar-refractivity contribution in [2.75, 3.05) is 27.9 Å². The summed E-state index contributed by atoms with van der Waals surface area (Å²) in [7, 11) is 4.67. The summed E-state index contributed by atoms with van der Waals surface area (Å²) in [4.78, 5) is 27.9. The first-order valence-corrected chi connectivity index (χ1v) is 11.2. The van der Waals surface area contributed by atoms with Crippen molar-refractivity contribution >= 4 is 17.4 Å². The van der Waals surface area contributed by atoms with E-state index in [0.29, 0.717) is 29.0 Å². The van der Waals surface area contributed by atoms with Crippen LogP contribution in [-0.4, -0.2) is 49.6 Å². The Bertz CT molecular complexity index is 1260. The fraction of sp³-hybridized carbons (Fsp3) is 0.214. The molecular formula is C28H27NO6. The Labute approximate surface area is 204 Å². The number of nitrogens with zero attached hydrogens (tertiary/aromatic N) is 1. The highest BCUT2D eigenvalue weighted by molar-refractivity contribution is 6.46. The van der Waals surface area contributed by atoms with Gasteiger partial charge in [-0.3, -0.25) is 9.59 Å². The zero-order chi connectivity index (χ0) is 24.9. The third-order valence-electron chi connectivity index (χ3n) is 6.09. The molecule has 7 heteroatoms. The fourth-order valence-electron chi connectivity index (χ4n) is 4.24. The number of rotatable bonds is 8. The fourth-order valence-corrected chi connectivity index (χ4v) is 4.24. The number of ketones is 1. The summed E-state index contributed by atoms with van der Waals surface area (Å²) in [5.74, 6) is 0.222. The van der Waals surface area contributed by atoms with Crippen LogP contribution in [0.3, 0.4) is 0 Å². The number of methoxy groups -OCH3 is 3. The number of benzene rings is 3. The van der Waals surface area contributed by atoms with Gasteiger partial charge in [-0.15, -0.1) is 0 Å². The first-order chi connectivity index (χ1) is 17.0. The van der Waals surface area contributed by atoms with Gasteiger partial charge in [0.2, 0.25) is 0 Å². The van der Waals surface area contributed by atoms with Crippen LogP contribution in [-0.2, 0) is 16.0 Å². The number of Topliss-reactive ketones (excluding diaryl/α,β-unsaturated/α-hetero) is 1. The molecule has 0 radical (unpaired) electrons. The monoisotopic (exact) mass is 473 g/mol. The van der Waals surface area contributed by atoms with E-state index in [1.165, 1.54) is 12.0 Å². The molecule has 1 heterocycles. The lowest BCUT2D eigenvalue weighted by Gasteiger charge is -2.25. The molecule has 0 saturated carbocycles. The minimum absolute atomic E-state index is 0.0336. The smallest absolute Gasteiger partial charge is 0.295 e. The molecular weight excluding hydrogens is 446 g/mol. The van der Waals surface area contributed by atoms with Crippen molar-refractivity contribution in [1.82, 2.24) is 4.90 Å². The first-order valence-electron chi connectivity index (χ1n) is 11.2. The number of aliphatic hydroxyl groups is 1. The third-order valence-corrected chi connectivity index (χ3v) is 6.09. The number of carbonyl (C=O) groups is 2. The lowest BCUT2D eigenvalue weighted by molar-refractivity contribution is -0.139. The molecule has 1 aliphatic heterocycles. The van der Waals surface area contributed by atoms with Gasteiger partial charge in [0.15, 0.2) is 0 Å². The summed E-state index contributed by atoms with van der Waals surface area (Å²) in [6.07, 6.45) is 0.524. The summed E-state index contributed by atoms with van der Waals surface area (Å²) < 4.78 is 15.8. The highest BCUT2D eigenvalue weighted by Gasteiger charge is 2.46. The standard InChI is InChI=1S/C28H27NO6/c1-33-21-12-10-18(11-13-21)14-15-29-25(19-6-4-8-22(16-19)34-2)24(27(31)28(29)32)26(30)20-7-5-9-23(17-20)35-3/h4-13,16-17,25,30H,14-15H2,1-3H3/b26-24-. The van der Waals surface area contributed by atoms with Crippen molar-refractivity contribution in [3.8, 4) is 17.2 Å². The van der Waals surface area contributed by atoms with Crippen LogP contribution in [0.25, 0.3) is 5.76 Å². The van der Waals surface area contributed by atoms with E-state index in [1.807, 2.05) is 30.3 Å². The van der Waals surface area contributed by atoms with E-state index in [2.05, 4.69) is 0 Å². The SMILES string of the molecule is COc1ccc(CCN2C(=O)C(=O)/C(=C(\O)c3cccc(OC)c3)C2c2cccc(OC)c2)cc1. The molecule has 1 saturated heterocycles. The summed E-state index contributed by atoms with van der Waals surface area (Å²) in [5, 5.41) is 11.2. The molecule has 4 rings (SSSR count). The van der Waals surface area contributed by atoms with E-state index in [-0.39, 0.29) is 17.9 Å². The van der Waals surface area contributed by atoms with Crippen LogP contribution in [0.5, 0.6) is 17.2 Å². The van der Waals surface area contributed by atoms with E-state index < -0.39 is 17.7 Å². The van der Waals surface area contributed by atoms with E-state index >= 15 is 0 Å². The van der Waals surface area contributed by atoms with Crippen LogP contribution in [0.1, 0.15) is 22.7 Å². The summed E-state index contributed by atoms with van der Waals surface area (Å²) in [6, 6.07) is 20.7. The van der Waals surface area contributed by atoms with E-state index in [1.54, 1.807) is 56.7 Å². The summed E-state index contributed by atoms with van der Waals surface area (Å²) in [5.41, 5.74) is 2.09. The Balaban J connectivity index is 1.77. The summed E-state index contributed by atoms with van der Waals surface area (Å²) in [6.45, 7) is 0.285. The van der Waals surface area contributed by atoms with Crippen LogP contribution < -0.4 is 14.2 Å². The maximum atomic E-state index is 13.2. The third kappa shape index (κ3) is 4.84. The molecule has 0 spiro atoms. The van der Waals surface area contributed by atoms with Gasteiger partial charge in [-0.25, -0.2) is 0 Å². The van der Waals surface area contributed by atoms with Gasteiger partial charge in [0.1, 0.15) is 23.0 Å². The molecule has 0 aromatic heterocycles. The van der Waals surface area contributed by atoms with Crippen LogP contribution in [0.15, 0.2) is 78.4 Å². The quantitative estimate of drug-likeness (QED) is 0.297. The van der Waals surface area contributed by atoms with Crippen molar-refractivity contribution < 1.29 is 28.9 Å². The Morgan fingerprint density at radius 1 is 0.829 bits per heavy atom. The van der Waals surface area contributed by atoms with Gasteiger partial charge in [-0.1, -0.05) is 36.4 Å². The Morgan fingerprint density at radius 3 is 2.11 bits per heavy atom. The van der Waals surface area contributed by atoms with Crippen molar-refractivity contribution in [1.29, 1.82) is 0 Å². The van der Waals surface area contributed by atoms with Crippen molar-refractivity contribution in [2.24, 2.45) is 0 Å². The number of carbonyl (C=O) groups excluding carboxylic acids is 2. The van der Waals surface area contributed by atoms with Gasteiger partial charge >= 0.3 is 0 Å². The second kappa shape index (κ2) is 10.3. The van der Waals surface area contributed by atoms with Gasteiger partial charge in [0.05, 0.1) is 32.9 Å². The lowest BCUT2D eigenvalue weighted by Crippen LogP contribution is -2.31. The maximum Gasteiger partial charge on any atom is 0.295 e. The highest BCUT2D eigenvalue weighted by Crippen LogP contribution is 2.40. The number of amides is 1. The minimum Gasteiger partial charge on any atom is -0.507 e. The molecule has 7 nitrogen and oxygen atoms in total. The molecule has 1 fully saturated rings. The minimum atomic E-state index is -0.769. The van der Waals surface area contributed by atoms with Crippen LogP contribution in [0, 0.1) is 0 Å². The predicted octanol–water partition coefficient (Wildman–Crippen LogP) is 4.38. The van der Waals surface area contributed by atoms with Crippen molar-refractivity contribution in [3.63, 3.8) is 0 Å². The zero-order valence-corrected chi connectivity index (χ0v) is 19.9. The van der Waals surface area contributed by atoms with E-state index in [9.17, 15) is 14.7 Å². The molecule has 35 heavy (non-hydrogen) atoms. The van der Waals surface area contributed by atoms with Gasteiger partial charge in [-0.2, -0.15) is 0 Å². The van der Waals surface area contributed by atoms with Crippen LogP contribution in [0.4, 0.5) is 0 Å². The topological polar surface area (TPSA) is 85.3 Å². The van der Waals surface area contributed by atoms with Crippen LogP contribution >= 0.6 is 0 Å². The molecule has 1 amide bonds. The van der Waals surface area contributed by atoms with Gasteiger partial charge in [0.25, 0.3) is 11.7 Å². The molecule has 1 atom stereocenters. The van der Waals surface area contributed by atoms with E-state index in [0.717, 1.165) is 11.3 Å². The van der Waals surface area contributed by atoms with Crippen molar-refractivity contribution in [3.05, 3.63) is 95.1 Å². The first kappa shape index (κ1) is 23.9. The average Bonchev–Trinajstić information content (AvgIpc) is 3.16. The second-order valence-electron chi connectivity index (χ2n) is 8.10. The molecule has 0 bridgehead atoms. The van der Waals surface area contributed by atoms with Crippen molar-refractivity contribution in [2.45, 2.75) is 12.5 Å². The number of likely N-dealkylation sites (tertiary alicyclic amines) is 1. The molecule has 180 valence electrons. The molecule has 3 aromatic rings. The number of hydrogen-bond acceptors (Lipinski definition) is 6. The molecule has 3 aromatic carbocycles. The lowest BCUT2D eigenvalue weighted by atomic mass is 9.95. The number of aliphatic hydroxyl groups excluding tert-OH is 1. The number of ether oxygens (including phenoxy) is 3. The highest BCUT2D eigenvalue weighted by atomic mass is 16.5. The summed E-state index contributed by atoms with van der Waals surface area (Å²) >= 11 is 0. The molecule has 1 unspecified atom stereocenters.